The van der Waals surface area contributed by atoms with Crippen LogP contribution in [0.2, 0.25) is 0 Å². The average molecular weight is 503 g/mol. The molecule has 3 unspecified atom stereocenters. The Morgan fingerprint density at radius 3 is 2.57 bits per heavy atom. The Hall–Kier alpha value is -3.91. The predicted octanol–water partition coefficient (Wildman–Crippen LogP) is 3.43. The summed E-state index contributed by atoms with van der Waals surface area (Å²) in [5.74, 6) is -5.27. The number of benzene rings is 2. The number of nitrogens with two attached hydrogens (primary N) is 1. The van der Waals surface area contributed by atoms with Crippen LogP contribution in [0, 0.1) is 17.8 Å². The molecule has 1 amide bonds. The fraction of sp³-hybridized carbons (Fsp3) is 0.345. The van der Waals surface area contributed by atoms with Crippen molar-refractivity contribution in [3.63, 3.8) is 0 Å². The van der Waals surface area contributed by atoms with E-state index in [2.05, 4.69) is 24.0 Å². The normalized spacial score (nSPS) is 23.2. The minimum atomic E-state index is -1.12. The fourth-order valence-corrected chi connectivity index (χ4v) is 6.17. The summed E-state index contributed by atoms with van der Waals surface area (Å²) >= 11 is 0. The lowest BCUT2D eigenvalue weighted by Gasteiger charge is -2.41. The molecular formula is C29H30N2O6. The highest BCUT2D eigenvalue weighted by atomic mass is 16.3. The van der Waals surface area contributed by atoms with E-state index in [1.807, 2.05) is 25.2 Å². The molecule has 3 atom stereocenters. The maximum Gasteiger partial charge on any atom is 0.255 e. The smallest absolute Gasteiger partial charge is 0.255 e. The first-order valence-electron chi connectivity index (χ1n) is 12.5. The van der Waals surface area contributed by atoms with Gasteiger partial charge in [0.15, 0.2) is 11.6 Å². The van der Waals surface area contributed by atoms with E-state index in [1.165, 1.54) is 6.07 Å². The highest BCUT2D eigenvalue weighted by Gasteiger charge is 2.51. The van der Waals surface area contributed by atoms with Gasteiger partial charge in [-0.25, -0.2) is 0 Å². The number of amides is 1. The van der Waals surface area contributed by atoms with Crippen LogP contribution in [-0.2, 0) is 27.3 Å². The van der Waals surface area contributed by atoms with Crippen LogP contribution in [0.15, 0.2) is 53.3 Å². The first-order valence-corrected chi connectivity index (χ1v) is 12.5. The van der Waals surface area contributed by atoms with Crippen LogP contribution in [0.5, 0.6) is 5.75 Å². The van der Waals surface area contributed by atoms with Crippen molar-refractivity contribution in [2.24, 2.45) is 23.5 Å². The van der Waals surface area contributed by atoms with E-state index in [9.17, 15) is 29.7 Å². The monoisotopic (exact) mass is 502 g/mol. The Labute approximate surface area is 214 Å². The second-order valence-electron chi connectivity index (χ2n) is 10.3. The summed E-state index contributed by atoms with van der Waals surface area (Å²) in [6.07, 6.45) is 0.678. The maximum absolute atomic E-state index is 13.6. The summed E-state index contributed by atoms with van der Waals surface area (Å²) in [6.45, 7) is 3.78. The largest absolute Gasteiger partial charge is 0.511 e. The van der Waals surface area contributed by atoms with Gasteiger partial charge in [0, 0.05) is 18.5 Å². The minimum absolute atomic E-state index is 0.0734. The second kappa shape index (κ2) is 9.19. The van der Waals surface area contributed by atoms with E-state index in [0.717, 1.165) is 35.3 Å². The van der Waals surface area contributed by atoms with Crippen LogP contribution < -0.4 is 5.73 Å². The SMILES string of the molecule is CCN(C)Cc1cccc(-c2ccc(O)c3c2CC2CC4CC(=O)C(C(N)=O)=C(O)C4C(=O)C2=C3O)c1. The molecule has 0 spiro atoms. The van der Waals surface area contributed by atoms with Crippen molar-refractivity contribution in [2.75, 3.05) is 13.6 Å². The first kappa shape index (κ1) is 24.8. The molecule has 5 N–H and O–H groups in total. The third kappa shape index (κ3) is 4.01. The molecule has 2 aromatic carbocycles. The zero-order chi connectivity index (χ0) is 26.6. The van der Waals surface area contributed by atoms with Crippen LogP contribution in [-0.4, -0.2) is 51.3 Å². The van der Waals surface area contributed by atoms with Crippen LogP contribution >= 0.6 is 0 Å². The lowest BCUT2D eigenvalue weighted by Crippen LogP contribution is -2.44. The Kier molecular flexibility index (Phi) is 6.15. The van der Waals surface area contributed by atoms with E-state index in [0.29, 0.717) is 12.8 Å². The number of carbonyl (C=O) groups excluding carboxylic acids is 3. The number of ketones is 2. The van der Waals surface area contributed by atoms with Gasteiger partial charge in [0.1, 0.15) is 22.8 Å². The molecule has 5 rings (SSSR count). The van der Waals surface area contributed by atoms with Gasteiger partial charge >= 0.3 is 0 Å². The van der Waals surface area contributed by atoms with E-state index in [1.54, 1.807) is 0 Å². The van der Waals surface area contributed by atoms with Crippen molar-refractivity contribution in [3.05, 3.63) is 70.0 Å². The molecule has 3 aliphatic carbocycles. The third-order valence-electron chi connectivity index (χ3n) is 8.00. The van der Waals surface area contributed by atoms with Crippen molar-refractivity contribution in [3.8, 4) is 16.9 Å². The highest BCUT2D eigenvalue weighted by Crippen LogP contribution is 2.51. The van der Waals surface area contributed by atoms with Gasteiger partial charge in [0.2, 0.25) is 0 Å². The number of aromatic hydroxyl groups is 1. The number of hydrogen-bond donors (Lipinski definition) is 4. The zero-order valence-corrected chi connectivity index (χ0v) is 20.8. The summed E-state index contributed by atoms with van der Waals surface area (Å²) in [4.78, 5) is 40.0. The van der Waals surface area contributed by atoms with Gasteiger partial charge in [-0.2, -0.15) is 0 Å². The summed E-state index contributed by atoms with van der Waals surface area (Å²) in [5, 5.41) is 32.7. The second-order valence-corrected chi connectivity index (χ2v) is 10.3. The summed E-state index contributed by atoms with van der Waals surface area (Å²) in [5.41, 5.74) is 8.73. The van der Waals surface area contributed by atoms with E-state index in [4.69, 9.17) is 5.73 Å². The number of Topliss-reactive ketones (excluding diaryl/α,β-unsaturated/α-hetero) is 2. The molecule has 0 heterocycles. The number of rotatable bonds is 5. The Bertz CT molecular complexity index is 1410. The van der Waals surface area contributed by atoms with Crippen LogP contribution in [0.4, 0.5) is 0 Å². The molecule has 0 aliphatic heterocycles. The van der Waals surface area contributed by atoms with Gasteiger partial charge in [0.25, 0.3) is 5.91 Å². The fourth-order valence-electron chi connectivity index (χ4n) is 6.17. The number of primary amides is 1. The minimum Gasteiger partial charge on any atom is -0.511 e. The number of nitrogens with zero attached hydrogens (tertiary/aromatic N) is 1. The quantitative estimate of drug-likeness (QED) is 0.459. The molecule has 192 valence electrons. The van der Waals surface area contributed by atoms with Crippen molar-refractivity contribution >= 4 is 23.2 Å². The van der Waals surface area contributed by atoms with Crippen LogP contribution in [0.1, 0.15) is 36.5 Å². The predicted molar refractivity (Wildman–Crippen MR) is 137 cm³/mol. The molecule has 0 bridgehead atoms. The molecule has 0 saturated heterocycles. The number of phenolic OH excluding ortho intramolecular Hbond substituents is 1. The molecule has 37 heavy (non-hydrogen) atoms. The van der Waals surface area contributed by atoms with Crippen molar-refractivity contribution in [1.82, 2.24) is 4.90 Å². The molecular weight excluding hydrogens is 472 g/mol. The number of fused-ring (bicyclic) bond motifs is 3. The van der Waals surface area contributed by atoms with Crippen LogP contribution in [0.3, 0.4) is 0 Å². The number of phenols is 1. The standard InChI is InChI=1S/C29H30N2O6/c1-3-31(2)13-14-5-4-6-15(9-14)18-7-8-20(32)24-19(18)11-16-10-17-12-21(33)25(29(30)37)28(36)23(17)26(34)22(16)27(24)35/h4-9,16-17,23,32,35-36H,3,10-13H2,1-2H3,(H2,30,37). The van der Waals surface area contributed by atoms with Crippen LogP contribution in [0.25, 0.3) is 16.9 Å². The molecule has 2 aromatic rings. The number of aliphatic hydroxyl groups excluding tert-OH is 2. The first-order chi connectivity index (χ1) is 17.6. The Balaban J connectivity index is 1.61. The van der Waals surface area contributed by atoms with Crippen molar-refractivity contribution in [1.29, 1.82) is 0 Å². The van der Waals surface area contributed by atoms with Gasteiger partial charge in [-0.1, -0.05) is 31.2 Å². The van der Waals surface area contributed by atoms with Gasteiger partial charge in [-0.3, -0.25) is 14.4 Å². The maximum atomic E-state index is 13.6. The summed E-state index contributed by atoms with van der Waals surface area (Å²) in [7, 11) is 2.04. The summed E-state index contributed by atoms with van der Waals surface area (Å²) in [6, 6.07) is 11.4. The number of carbonyl (C=O) groups is 3. The molecule has 1 saturated carbocycles. The lowest BCUT2D eigenvalue weighted by molar-refractivity contribution is -0.127. The topological polar surface area (TPSA) is 141 Å². The molecule has 3 aliphatic rings. The van der Waals surface area contributed by atoms with Crippen molar-refractivity contribution in [2.45, 2.75) is 32.7 Å². The van der Waals surface area contributed by atoms with Gasteiger partial charge < -0.3 is 26.0 Å². The Morgan fingerprint density at radius 1 is 1.11 bits per heavy atom. The van der Waals surface area contributed by atoms with E-state index in [-0.39, 0.29) is 29.1 Å². The molecule has 1 fully saturated rings. The zero-order valence-electron chi connectivity index (χ0n) is 20.8. The van der Waals surface area contributed by atoms with Crippen molar-refractivity contribution < 1.29 is 29.7 Å². The van der Waals surface area contributed by atoms with E-state index >= 15 is 0 Å². The average Bonchev–Trinajstić information content (AvgIpc) is 2.83. The highest BCUT2D eigenvalue weighted by molar-refractivity contribution is 6.21. The number of aliphatic hydroxyl groups is 2. The van der Waals surface area contributed by atoms with Gasteiger partial charge in [0.05, 0.1) is 11.5 Å². The number of hydrogen-bond acceptors (Lipinski definition) is 7. The summed E-state index contributed by atoms with van der Waals surface area (Å²) < 4.78 is 0. The van der Waals surface area contributed by atoms with E-state index < -0.39 is 46.6 Å². The molecule has 0 aromatic heterocycles. The molecule has 8 nitrogen and oxygen atoms in total. The van der Waals surface area contributed by atoms with Gasteiger partial charge in [-0.05, 0) is 72.7 Å². The molecule has 0 radical (unpaired) electrons. The lowest BCUT2D eigenvalue weighted by atomic mass is 9.61. The van der Waals surface area contributed by atoms with Gasteiger partial charge in [-0.15, -0.1) is 0 Å². The third-order valence-corrected chi connectivity index (χ3v) is 8.00. The molecule has 8 heteroatoms. The number of allylic oxidation sites excluding steroid dienone is 2. The Morgan fingerprint density at radius 2 is 1.86 bits per heavy atom.